The summed E-state index contributed by atoms with van der Waals surface area (Å²) in [7, 11) is 0. The topological polar surface area (TPSA) is 80.9 Å². The van der Waals surface area contributed by atoms with Crippen LogP contribution in [0.2, 0.25) is 0 Å². The van der Waals surface area contributed by atoms with E-state index in [1.807, 2.05) is 25.1 Å². The van der Waals surface area contributed by atoms with E-state index in [0.29, 0.717) is 5.82 Å². The SMILES string of the molecule is Cc1ccc(Br)cc1-c1nnnn1C(C)CC(=O)O. The van der Waals surface area contributed by atoms with Crippen LogP contribution in [0.1, 0.15) is 24.9 Å². The number of hydrogen-bond donors (Lipinski definition) is 1. The minimum Gasteiger partial charge on any atom is -0.481 e. The third kappa shape index (κ3) is 2.98. The normalized spacial score (nSPS) is 12.4. The molecule has 0 aliphatic rings. The summed E-state index contributed by atoms with van der Waals surface area (Å²) in [5.74, 6) is -0.299. The summed E-state index contributed by atoms with van der Waals surface area (Å²) in [6.45, 7) is 3.74. The van der Waals surface area contributed by atoms with Gasteiger partial charge in [-0.1, -0.05) is 22.0 Å². The molecule has 2 rings (SSSR count). The van der Waals surface area contributed by atoms with E-state index >= 15 is 0 Å². The van der Waals surface area contributed by atoms with Gasteiger partial charge in [0.05, 0.1) is 12.5 Å². The molecule has 0 radical (unpaired) electrons. The van der Waals surface area contributed by atoms with Gasteiger partial charge in [0.2, 0.25) is 0 Å². The third-order valence-corrected chi connectivity index (χ3v) is 3.31. The largest absolute Gasteiger partial charge is 0.481 e. The highest BCUT2D eigenvalue weighted by atomic mass is 79.9. The van der Waals surface area contributed by atoms with Crippen molar-refractivity contribution in [2.45, 2.75) is 26.3 Å². The van der Waals surface area contributed by atoms with Gasteiger partial charge < -0.3 is 5.11 Å². The molecule has 0 saturated carbocycles. The van der Waals surface area contributed by atoms with Crippen LogP contribution >= 0.6 is 15.9 Å². The van der Waals surface area contributed by atoms with Crippen molar-refractivity contribution in [3.8, 4) is 11.4 Å². The predicted octanol–water partition coefficient (Wildman–Crippen LogP) is 2.45. The Hall–Kier alpha value is -1.76. The fourth-order valence-corrected chi connectivity index (χ4v) is 2.20. The van der Waals surface area contributed by atoms with Crippen molar-refractivity contribution in [2.24, 2.45) is 0 Å². The van der Waals surface area contributed by atoms with Gasteiger partial charge in [-0.2, -0.15) is 0 Å². The van der Waals surface area contributed by atoms with E-state index in [2.05, 4.69) is 31.5 Å². The van der Waals surface area contributed by atoms with Gasteiger partial charge in [0.1, 0.15) is 0 Å². The number of aromatic nitrogens is 4. The Balaban J connectivity index is 2.44. The molecule has 1 heterocycles. The van der Waals surface area contributed by atoms with Crippen LogP contribution in [0.3, 0.4) is 0 Å². The van der Waals surface area contributed by atoms with Crippen molar-refractivity contribution in [2.75, 3.05) is 0 Å². The van der Waals surface area contributed by atoms with Crippen LogP contribution in [-0.2, 0) is 4.79 Å². The fraction of sp³-hybridized carbons (Fsp3) is 0.333. The molecule has 1 atom stereocenters. The van der Waals surface area contributed by atoms with Crippen molar-refractivity contribution in [3.63, 3.8) is 0 Å². The molecular formula is C12H13BrN4O2. The lowest BCUT2D eigenvalue weighted by Crippen LogP contribution is -2.13. The molecule has 100 valence electrons. The van der Waals surface area contributed by atoms with Gasteiger partial charge in [0, 0.05) is 10.0 Å². The molecule has 1 aromatic heterocycles. The maximum atomic E-state index is 10.8. The monoisotopic (exact) mass is 324 g/mol. The Kier molecular flexibility index (Phi) is 3.94. The lowest BCUT2D eigenvalue weighted by molar-refractivity contribution is -0.137. The Labute approximate surface area is 118 Å². The fourth-order valence-electron chi connectivity index (χ4n) is 1.84. The molecule has 1 N–H and O–H groups in total. The number of halogens is 1. The van der Waals surface area contributed by atoms with Crippen LogP contribution in [0.4, 0.5) is 0 Å². The Morgan fingerprint density at radius 3 is 2.95 bits per heavy atom. The molecule has 1 unspecified atom stereocenters. The van der Waals surface area contributed by atoms with Crippen molar-refractivity contribution in [1.29, 1.82) is 0 Å². The molecule has 0 spiro atoms. The van der Waals surface area contributed by atoms with E-state index in [-0.39, 0.29) is 12.5 Å². The second kappa shape index (κ2) is 5.48. The van der Waals surface area contributed by atoms with Crippen molar-refractivity contribution < 1.29 is 9.90 Å². The highest BCUT2D eigenvalue weighted by molar-refractivity contribution is 9.10. The number of rotatable bonds is 4. The van der Waals surface area contributed by atoms with Crippen LogP contribution in [0, 0.1) is 6.92 Å². The summed E-state index contributed by atoms with van der Waals surface area (Å²) >= 11 is 3.41. The molecular weight excluding hydrogens is 312 g/mol. The van der Waals surface area contributed by atoms with Gasteiger partial charge in [0.25, 0.3) is 0 Å². The number of nitrogens with zero attached hydrogens (tertiary/aromatic N) is 4. The van der Waals surface area contributed by atoms with Gasteiger partial charge in [0.15, 0.2) is 5.82 Å². The van der Waals surface area contributed by atoms with E-state index in [4.69, 9.17) is 5.11 Å². The molecule has 0 saturated heterocycles. The number of tetrazole rings is 1. The minimum absolute atomic E-state index is 0.0227. The highest BCUT2D eigenvalue weighted by Gasteiger charge is 2.18. The summed E-state index contributed by atoms with van der Waals surface area (Å²) in [5, 5.41) is 20.4. The van der Waals surface area contributed by atoms with E-state index in [0.717, 1.165) is 15.6 Å². The molecule has 0 aliphatic carbocycles. The highest BCUT2D eigenvalue weighted by Crippen LogP contribution is 2.26. The first-order valence-electron chi connectivity index (χ1n) is 5.75. The maximum absolute atomic E-state index is 10.8. The molecule has 2 aromatic rings. The van der Waals surface area contributed by atoms with Crippen molar-refractivity contribution in [1.82, 2.24) is 20.2 Å². The first-order valence-corrected chi connectivity index (χ1v) is 6.54. The van der Waals surface area contributed by atoms with Gasteiger partial charge >= 0.3 is 5.97 Å². The van der Waals surface area contributed by atoms with Crippen LogP contribution in [-0.4, -0.2) is 31.3 Å². The van der Waals surface area contributed by atoms with Crippen LogP contribution < -0.4 is 0 Å². The van der Waals surface area contributed by atoms with Crippen molar-refractivity contribution in [3.05, 3.63) is 28.2 Å². The number of carbonyl (C=O) groups is 1. The lowest BCUT2D eigenvalue weighted by Gasteiger charge is -2.12. The minimum atomic E-state index is -0.875. The molecule has 0 aliphatic heterocycles. The first kappa shape index (κ1) is 13.7. The summed E-state index contributed by atoms with van der Waals surface area (Å²) in [5.41, 5.74) is 1.92. The average molecular weight is 325 g/mol. The molecule has 0 amide bonds. The summed E-state index contributed by atoms with van der Waals surface area (Å²) in [6.07, 6.45) is -0.0227. The number of carboxylic acid groups (broad SMARTS) is 1. The lowest BCUT2D eigenvalue weighted by atomic mass is 10.1. The quantitative estimate of drug-likeness (QED) is 0.934. The number of aryl methyl sites for hydroxylation is 1. The number of aliphatic carboxylic acids is 1. The summed E-state index contributed by atoms with van der Waals surface area (Å²) in [4.78, 5) is 10.8. The average Bonchev–Trinajstić information content (AvgIpc) is 2.80. The van der Waals surface area contributed by atoms with Gasteiger partial charge in [-0.15, -0.1) is 5.10 Å². The zero-order valence-electron chi connectivity index (χ0n) is 10.5. The smallest absolute Gasteiger partial charge is 0.305 e. The Morgan fingerprint density at radius 2 is 2.26 bits per heavy atom. The van der Waals surface area contributed by atoms with E-state index in [1.165, 1.54) is 0 Å². The van der Waals surface area contributed by atoms with Crippen LogP contribution in [0.15, 0.2) is 22.7 Å². The van der Waals surface area contributed by atoms with Gasteiger partial charge in [-0.05, 0) is 42.0 Å². The molecule has 7 heteroatoms. The zero-order chi connectivity index (χ0) is 14.0. The third-order valence-electron chi connectivity index (χ3n) is 2.82. The van der Waals surface area contributed by atoms with Crippen LogP contribution in [0.5, 0.6) is 0 Å². The predicted molar refractivity (Wildman–Crippen MR) is 72.7 cm³/mol. The summed E-state index contributed by atoms with van der Waals surface area (Å²) in [6, 6.07) is 5.51. The zero-order valence-corrected chi connectivity index (χ0v) is 12.1. The van der Waals surface area contributed by atoms with E-state index in [1.54, 1.807) is 11.6 Å². The number of benzene rings is 1. The molecule has 0 fully saturated rings. The Morgan fingerprint density at radius 1 is 1.53 bits per heavy atom. The molecule has 0 bridgehead atoms. The van der Waals surface area contributed by atoms with Crippen molar-refractivity contribution >= 4 is 21.9 Å². The van der Waals surface area contributed by atoms with Gasteiger partial charge in [-0.25, -0.2) is 4.68 Å². The molecule has 19 heavy (non-hydrogen) atoms. The number of hydrogen-bond acceptors (Lipinski definition) is 4. The Bertz CT molecular complexity index is 612. The van der Waals surface area contributed by atoms with Crippen LogP contribution in [0.25, 0.3) is 11.4 Å². The molecule has 6 nitrogen and oxygen atoms in total. The second-order valence-corrected chi connectivity index (χ2v) is 5.27. The second-order valence-electron chi connectivity index (χ2n) is 4.35. The maximum Gasteiger partial charge on any atom is 0.305 e. The van der Waals surface area contributed by atoms with E-state index < -0.39 is 5.97 Å². The summed E-state index contributed by atoms with van der Waals surface area (Å²) < 4.78 is 2.47. The van der Waals surface area contributed by atoms with E-state index in [9.17, 15) is 4.79 Å². The number of carboxylic acids is 1. The first-order chi connectivity index (χ1) is 8.99. The molecule has 1 aromatic carbocycles. The van der Waals surface area contributed by atoms with Gasteiger partial charge in [-0.3, -0.25) is 4.79 Å². The standard InChI is InChI=1S/C12H13BrN4O2/c1-7-3-4-9(13)6-10(7)12-14-15-16-17(12)8(2)5-11(18)19/h3-4,6,8H,5H2,1-2H3,(H,18,19).